The zero-order valence-corrected chi connectivity index (χ0v) is 8.09. The predicted molar refractivity (Wildman–Crippen MR) is 54.0 cm³/mol. The van der Waals surface area contributed by atoms with Crippen LogP contribution in [0.4, 0.5) is 0 Å². The van der Waals surface area contributed by atoms with E-state index < -0.39 is 12.1 Å². The lowest BCUT2D eigenvalue weighted by Gasteiger charge is -2.11. The van der Waals surface area contributed by atoms with Crippen LogP contribution >= 0.6 is 0 Å². The number of nitrogens with two attached hydrogens (primary N) is 1. The largest absolute Gasteiger partial charge is 0.490 e. The number of carboxylic acids is 1. The lowest BCUT2D eigenvalue weighted by atomic mass is 10.2. The monoisotopic (exact) mass is 211 g/mol. The highest BCUT2D eigenvalue weighted by Gasteiger charge is 2.11. The Labute approximate surface area is 87.1 Å². The van der Waals surface area contributed by atoms with Gasteiger partial charge in [-0.2, -0.15) is 0 Å². The van der Waals surface area contributed by atoms with Crippen molar-refractivity contribution in [3.05, 3.63) is 29.8 Å². The van der Waals surface area contributed by atoms with Crippen LogP contribution in [0.2, 0.25) is 0 Å². The van der Waals surface area contributed by atoms with E-state index >= 15 is 0 Å². The predicted octanol–water partition coefficient (Wildman–Crippen LogP) is 0.0832. The number of aliphatic hydroxyl groups excluding tert-OH is 1. The Morgan fingerprint density at radius 3 is 2.73 bits per heavy atom. The van der Waals surface area contributed by atoms with Crippen LogP contribution in [0, 0.1) is 0 Å². The molecule has 0 radical (unpaired) electrons. The Morgan fingerprint density at radius 2 is 2.13 bits per heavy atom. The van der Waals surface area contributed by atoms with Gasteiger partial charge in [-0.15, -0.1) is 0 Å². The molecule has 0 saturated heterocycles. The molecule has 5 heteroatoms. The molecule has 0 heterocycles. The zero-order valence-electron chi connectivity index (χ0n) is 8.09. The number of aliphatic hydroxyl groups is 1. The Balaban J connectivity index is 2.72. The first-order valence-electron chi connectivity index (χ1n) is 4.48. The van der Waals surface area contributed by atoms with Gasteiger partial charge >= 0.3 is 5.97 Å². The molecule has 1 aromatic rings. The molecular weight excluding hydrogens is 198 g/mol. The van der Waals surface area contributed by atoms with Crippen molar-refractivity contribution in [2.24, 2.45) is 5.73 Å². The third-order valence-electron chi connectivity index (χ3n) is 1.82. The number of rotatable bonds is 5. The Hall–Kier alpha value is -1.59. The van der Waals surface area contributed by atoms with E-state index in [4.69, 9.17) is 20.7 Å². The second-order valence-electron chi connectivity index (χ2n) is 3.00. The van der Waals surface area contributed by atoms with Gasteiger partial charge in [0.25, 0.3) is 0 Å². The fourth-order valence-corrected chi connectivity index (χ4v) is 1.02. The van der Waals surface area contributed by atoms with Crippen LogP contribution in [0.1, 0.15) is 10.4 Å². The molecule has 4 N–H and O–H groups in total. The molecule has 0 amide bonds. The number of aromatic carboxylic acids is 1. The first-order chi connectivity index (χ1) is 7.15. The van der Waals surface area contributed by atoms with Crippen LogP contribution in [0.15, 0.2) is 24.3 Å². The quantitative estimate of drug-likeness (QED) is 0.641. The summed E-state index contributed by atoms with van der Waals surface area (Å²) < 4.78 is 5.14. The molecule has 0 saturated carbocycles. The van der Waals surface area contributed by atoms with Crippen LogP contribution in [0.5, 0.6) is 5.75 Å². The number of hydrogen-bond donors (Lipinski definition) is 3. The highest BCUT2D eigenvalue weighted by atomic mass is 16.5. The number of ether oxygens (including phenoxy) is 1. The van der Waals surface area contributed by atoms with Crippen LogP contribution < -0.4 is 10.5 Å². The van der Waals surface area contributed by atoms with Crippen LogP contribution in [0.3, 0.4) is 0 Å². The Morgan fingerprint density at radius 1 is 1.47 bits per heavy atom. The molecule has 0 aromatic heterocycles. The third kappa shape index (κ3) is 3.23. The average molecular weight is 211 g/mol. The van der Waals surface area contributed by atoms with E-state index in [1.165, 1.54) is 12.1 Å². The van der Waals surface area contributed by atoms with E-state index in [-0.39, 0.29) is 24.5 Å². The Kier molecular flexibility index (Phi) is 4.08. The second kappa shape index (κ2) is 5.33. The van der Waals surface area contributed by atoms with E-state index in [0.29, 0.717) is 0 Å². The summed E-state index contributed by atoms with van der Waals surface area (Å²) in [5, 5.41) is 18.0. The van der Waals surface area contributed by atoms with Gasteiger partial charge in [-0.1, -0.05) is 12.1 Å². The van der Waals surface area contributed by atoms with Crippen molar-refractivity contribution in [1.29, 1.82) is 0 Å². The van der Waals surface area contributed by atoms with Gasteiger partial charge in [-0.3, -0.25) is 0 Å². The van der Waals surface area contributed by atoms with E-state index in [2.05, 4.69) is 0 Å². The standard InChI is InChI=1S/C10H13NO4/c11-5-7(12)6-15-9-4-2-1-3-8(9)10(13)14/h1-4,7,12H,5-6,11H2,(H,13,14). The summed E-state index contributed by atoms with van der Waals surface area (Å²) in [5.41, 5.74) is 5.26. The maximum absolute atomic E-state index is 10.8. The minimum atomic E-state index is -1.06. The molecular formula is C10H13NO4. The second-order valence-corrected chi connectivity index (χ2v) is 3.00. The molecule has 82 valence electrons. The number of carbonyl (C=O) groups is 1. The van der Waals surface area contributed by atoms with Crippen molar-refractivity contribution >= 4 is 5.97 Å². The molecule has 5 nitrogen and oxygen atoms in total. The summed E-state index contributed by atoms with van der Waals surface area (Å²) in [4.78, 5) is 10.8. The Bertz CT molecular complexity index is 340. The van der Waals surface area contributed by atoms with E-state index in [0.717, 1.165) is 0 Å². The van der Waals surface area contributed by atoms with Crippen molar-refractivity contribution in [2.45, 2.75) is 6.10 Å². The molecule has 0 spiro atoms. The maximum Gasteiger partial charge on any atom is 0.339 e. The zero-order chi connectivity index (χ0) is 11.3. The molecule has 1 aromatic carbocycles. The lowest BCUT2D eigenvalue weighted by Crippen LogP contribution is -2.26. The molecule has 0 aliphatic heterocycles. The molecule has 0 bridgehead atoms. The SMILES string of the molecule is NCC(O)COc1ccccc1C(=O)O. The smallest absolute Gasteiger partial charge is 0.339 e. The molecule has 1 rings (SSSR count). The highest BCUT2D eigenvalue weighted by Crippen LogP contribution is 2.17. The summed E-state index contributed by atoms with van der Waals surface area (Å²) in [5.74, 6) is -0.828. The summed E-state index contributed by atoms with van der Waals surface area (Å²) >= 11 is 0. The van der Waals surface area contributed by atoms with Crippen molar-refractivity contribution in [2.75, 3.05) is 13.2 Å². The molecule has 0 aliphatic rings. The van der Waals surface area contributed by atoms with Crippen molar-refractivity contribution < 1.29 is 19.7 Å². The number of carboxylic acid groups (broad SMARTS) is 1. The van der Waals surface area contributed by atoms with Gasteiger partial charge in [0.05, 0.1) is 0 Å². The van der Waals surface area contributed by atoms with E-state index in [1.807, 2.05) is 0 Å². The summed E-state index contributed by atoms with van der Waals surface area (Å²) in [6, 6.07) is 6.24. The summed E-state index contributed by atoms with van der Waals surface area (Å²) in [7, 11) is 0. The normalized spacial score (nSPS) is 12.1. The van der Waals surface area contributed by atoms with Crippen LogP contribution in [-0.4, -0.2) is 35.4 Å². The molecule has 0 fully saturated rings. The topological polar surface area (TPSA) is 92.8 Å². The molecule has 1 atom stereocenters. The van der Waals surface area contributed by atoms with Crippen molar-refractivity contribution in [3.8, 4) is 5.75 Å². The van der Waals surface area contributed by atoms with Gasteiger partial charge in [-0.25, -0.2) is 4.79 Å². The fraction of sp³-hybridized carbons (Fsp3) is 0.300. The molecule has 15 heavy (non-hydrogen) atoms. The summed E-state index contributed by atoms with van der Waals surface area (Å²) in [6.07, 6.45) is -0.785. The molecule has 0 aliphatic carbocycles. The minimum Gasteiger partial charge on any atom is -0.490 e. The first kappa shape index (κ1) is 11.5. The first-order valence-corrected chi connectivity index (χ1v) is 4.48. The van der Waals surface area contributed by atoms with Gasteiger partial charge in [0.2, 0.25) is 0 Å². The minimum absolute atomic E-state index is 0.0131. The van der Waals surface area contributed by atoms with Crippen molar-refractivity contribution in [3.63, 3.8) is 0 Å². The number of para-hydroxylation sites is 1. The fourth-order valence-electron chi connectivity index (χ4n) is 1.02. The van der Waals surface area contributed by atoms with Gasteiger partial charge in [-0.05, 0) is 12.1 Å². The lowest BCUT2D eigenvalue weighted by molar-refractivity contribution is 0.0684. The van der Waals surface area contributed by atoms with Gasteiger partial charge in [0, 0.05) is 6.54 Å². The van der Waals surface area contributed by atoms with Gasteiger partial charge in [0.1, 0.15) is 24.0 Å². The number of benzene rings is 1. The van der Waals surface area contributed by atoms with E-state index in [1.54, 1.807) is 12.1 Å². The highest BCUT2D eigenvalue weighted by molar-refractivity contribution is 5.90. The van der Waals surface area contributed by atoms with Crippen LogP contribution in [0.25, 0.3) is 0 Å². The van der Waals surface area contributed by atoms with Crippen LogP contribution in [-0.2, 0) is 0 Å². The average Bonchev–Trinajstić information content (AvgIpc) is 2.26. The van der Waals surface area contributed by atoms with Crippen molar-refractivity contribution in [1.82, 2.24) is 0 Å². The molecule has 1 unspecified atom stereocenters. The van der Waals surface area contributed by atoms with E-state index in [9.17, 15) is 4.79 Å². The number of hydrogen-bond acceptors (Lipinski definition) is 4. The maximum atomic E-state index is 10.8. The van der Waals surface area contributed by atoms with Gasteiger partial charge in [0.15, 0.2) is 0 Å². The van der Waals surface area contributed by atoms with Gasteiger partial charge < -0.3 is 20.7 Å². The summed E-state index contributed by atoms with van der Waals surface area (Å²) in [6.45, 7) is 0.0655. The third-order valence-corrected chi connectivity index (χ3v) is 1.82.